The molecule has 0 fully saturated rings. The van der Waals surface area contributed by atoms with Gasteiger partial charge in [0.2, 0.25) is 0 Å². The molecule has 0 atom stereocenters. The third kappa shape index (κ3) is 4.25. The third-order valence-corrected chi connectivity index (χ3v) is 2.22. The maximum atomic E-state index is 11.4. The number of hydrogen-bond acceptors (Lipinski definition) is 3. The zero-order valence-corrected chi connectivity index (χ0v) is 9.49. The zero-order valence-electron chi connectivity index (χ0n) is 9.49. The summed E-state index contributed by atoms with van der Waals surface area (Å²) in [6, 6.07) is 3.32. The Balaban J connectivity index is 2.37. The minimum Gasteiger partial charge on any atom is -0.317 e. The minimum absolute atomic E-state index is 0.0101. The van der Waals surface area contributed by atoms with Gasteiger partial charge in [-0.1, -0.05) is 6.92 Å². The molecule has 0 aliphatic carbocycles. The van der Waals surface area contributed by atoms with Gasteiger partial charge in [0.15, 0.2) is 0 Å². The quantitative estimate of drug-likeness (QED) is 0.709. The smallest absolute Gasteiger partial charge is 0.266 e. The van der Waals surface area contributed by atoms with Crippen LogP contribution in [0.1, 0.15) is 25.5 Å². The number of aromatic nitrogens is 2. The van der Waals surface area contributed by atoms with Crippen LogP contribution in [0.2, 0.25) is 0 Å². The Morgan fingerprint density at radius 3 is 2.93 bits per heavy atom. The molecule has 4 nitrogen and oxygen atoms in total. The Kier molecular flexibility index (Phi) is 5.04. The van der Waals surface area contributed by atoms with Crippen molar-refractivity contribution in [3.63, 3.8) is 0 Å². The van der Waals surface area contributed by atoms with Crippen LogP contribution in [0.5, 0.6) is 0 Å². The Bertz CT molecular complexity index is 346. The van der Waals surface area contributed by atoms with Crippen LogP contribution >= 0.6 is 0 Å². The van der Waals surface area contributed by atoms with E-state index in [2.05, 4.69) is 17.3 Å². The van der Waals surface area contributed by atoms with Gasteiger partial charge in [0.05, 0.1) is 5.69 Å². The second-order valence-corrected chi connectivity index (χ2v) is 3.60. The van der Waals surface area contributed by atoms with Gasteiger partial charge in [0.25, 0.3) is 5.56 Å². The number of nitrogens with one attached hydrogen (secondary N) is 1. The topological polar surface area (TPSA) is 46.9 Å². The summed E-state index contributed by atoms with van der Waals surface area (Å²) in [4.78, 5) is 11.4. The maximum absolute atomic E-state index is 11.4. The van der Waals surface area contributed by atoms with Gasteiger partial charge in [0.1, 0.15) is 0 Å². The first-order valence-corrected chi connectivity index (χ1v) is 5.49. The summed E-state index contributed by atoms with van der Waals surface area (Å²) in [5.74, 6) is 0. The Labute approximate surface area is 90.3 Å². The van der Waals surface area contributed by atoms with Crippen LogP contribution in [0.25, 0.3) is 0 Å². The number of aryl methyl sites for hydroxylation is 2. The van der Waals surface area contributed by atoms with E-state index in [1.54, 1.807) is 16.8 Å². The summed E-state index contributed by atoms with van der Waals surface area (Å²) in [6.07, 6.45) is 2.07. The molecule has 0 aliphatic rings. The number of unbranched alkanes of at least 4 members (excludes halogenated alkanes) is 1. The Morgan fingerprint density at radius 1 is 1.40 bits per heavy atom. The van der Waals surface area contributed by atoms with Gasteiger partial charge < -0.3 is 5.32 Å². The van der Waals surface area contributed by atoms with E-state index in [4.69, 9.17) is 0 Å². The maximum Gasteiger partial charge on any atom is 0.266 e. The van der Waals surface area contributed by atoms with E-state index < -0.39 is 0 Å². The van der Waals surface area contributed by atoms with Gasteiger partial charge in [-0.25, -0.2) is 4.68 Å². The summed E-state index contributed by atoms with van der Waals surface area (Å²) < 4.78 is 1.54. The van der Waals surface area contributed by atoms with E-state index in [0.29, 0.717) is 6.54 Å². The van der Waals surface area contributed by atoms with Gasteiger partial charge in [-0.2, -0.15) is 5.10 Å². The summed E-state index contributed by atoms with van der Waals surface area (Å²) >= 11 is 0. The van der Waals surface area contributed by atoms with Crippen LogP contribution in [0.3, 0.4) is 0 Å². The fraction of sp³-hybridized carbons (Fsp3) is 0.636. The van der Waals surface area contributed by atoms with Crippen molar-refractivity contribution in [2.45, 2.75) is 33.2 Å². The van der Waals surface area contributed by atoms with Gasteiger partial charge in [-0.3, -0.25) is 4.79 Å². The van der Waals surface area contributed by atoms with E-state index in [1.807, 2.05) is 6.92 Å². The van der Waals surface area contributed by atoms with Crippen LogP contribution in [0.4, 0.5) is 0 Å². The van der Waals surface area contributed by atoms with Crippen LogP contribution in [-0.4, -0.2) is 22.9 Å². The molecule has 0 aromatic carbocycles. The molecule has 1 aromatic heterocycles. The van der Waals surface area contributed by atoms with E-state index in [0.717, 1.165) is 31.6 Å². The molecule has 1 aromatic rings. The first-order valence-electron chi connectivity index (χ1n) is 5.49. The van der Waals surface area contributed by atoms with Crippen LogP contribution in [0.15, 0.2) is 16.9 Å². The molecule has 84 valence electrons. The molecule has 0 saturated heterocycles. The molecule has 0 aliphatic heterocycles. The monoisotopic (exact) mass is 209 g/mol. The largest absolute Gasteiger partial charge is 0.317 e. The molecular weight excluding hydrogens is 190 g/mol. The normalized spacial score (nSPS) is 10.5. The van der Waals surface area contributed by atoms with Crippen molar-refractivity contribution in [1.82, 2.24) is 15.1 Å². The standard InChI is InChI=1S/C11H19N3O/c1-3-12-8-4-5-9-14-11(15)7-6-10(2)13-14/h6-7,12H,3-5,8-9H2,1-2H3. The molecule has 0 unspecified atom stereocenters. The SMILES string of the molecule is CCNCCCCn1nc(C)ccc1=O. The van der Waals surface area contributed by atoms with Crippen molar-refractivity contribution < 1.29 is 0 Å². The van der Waals surface area contributed by atoms with Crippen molar-refractivity contribution in [2.24, 2.45) is 0 Å². The van der Waals surface area contributed by atoms with Crippen molar-refractivity contribution >= 4 is 0 Å². The predicted molar refractivity (Wildman–Crippen MR) is 61.0 cm³/mol. The zero-order chi connectivity index (χ0) is 11.1. The van der Waals surface area contributed by atoms with Gasteiger partial charge >= 0.3 is 0 Å². The molecule has 0 radical (unpaired) electrons. The predicted octanol–water partition coefficient (Wildman–Crippen LogP) is 0.941. The first kappa shape index (κ1) is 11.9. The van der Waals surface area contributed by atoms with E-state index >= 15 is 0 Å². The molecule has 0 bridgehead atoms. The summed E-state index contributed by atoms with van der Waals surface area (Å²) in [7, 11) is 0. The molecule has 0 amide bonds. The lowest BCUT2D eigenvalue weighted by Crippen LogP contribution is -2.23. The first-order chi connectivity index (χ1) is 7.24. The third-order valence-electron chi connectivity index (χ3n) is 2.22. The van der Waals surface area contributed by atoms with Crippen molar-refractivity contribution in [3.05, 3.63) is 28.2 Å². The highest BCUT2D eigenvalue weighted by Gasteiger charge is 1.97. The van der Waals surface area contributed by atoms with E-state index in [1.165, 1.54) is 0 Å². The molecule has 0 spiro atoms. The number of hydrogen-bond donors (Lipinski definition) is 1. The highest BCUT2D eigenvalue weighted by atomic mass is 16.1. The lowest BCUT2D eigenvalue weighted by Gasteiger charge is -2.05. The fourth-order valence-corrected chi connectivity index (χ4v) is 1.40. The molecule has 15 heavy (non-hydrogen) atoms. The summed E-state index contributed by atoms with van der Waals surface area (Å²) in [5.41, 5.74) is 0.880. The molecule has 4 heteroatoms. The minimum atomic E-state index is -0.0101. The van der Waals surface area contributed by atoms with E-state index in [9.17, 15) is 4.79 Å². The Hall–Kier alpha value is -1.16. The van der Waals surface area contributed by atoms with Crippen LogP contribution in [0, 0.1) is 6.92 Å². The summed E-state index contributed by atoms with van der Waals surface area (Å²) in [6.45, 7) is 6.72. The van der Waals surface area contributed by atoms with Crippen molar-refractivity contribution in [3.8, 4) is 0 Å². The van der Waals surface area contributed by atoms with Crippen LogP contribution in [-0.2, 0) is 6.54 Å². The molecule has 1 rings (SSSR count). The molecule has 1 N–H and O–H groups in total. The molecular formula is C11H19N3O. The Morgan fingerprint density at radius 2 is 2.20 bits per heavy atom. The van der Waals surface area contributed by atoms with Crippen molar-refractivity contribution in [1.29, 1.82) is 0 Å². The fourth-order valence-electron chi connectivity index (χ4n) is 1.40. The average molecular weight is 209 g/mol. The average Bonchev–Trinajstić information content (AvgIpc) is 2.23. The van der Waals surface area contributed by atoms with Gasteiger partial charge in [0, 0.05) is 12.6 Å². The highest BCUT2D eigenvalue weighted by molar-refractivity contribution is 4.96. The van der Waals surface area contributed by atoms with Gasteiger partial charge in [-0.05, 0) is 38.9 Å². The van der Waals surface area contributed by atoms with Crippen molar-refractivity contribution in [2.75, 3.05) is 13.1 Å². The highest BCUT2D eigenvalue weighted by Crippen LogP contribution is 1.92. The van der Waals surface area contributed by atoms with E-state index in [-0.39, 0.29) is 5.56 Å². The second-order valence-electron chi connectivity index (χ2n) is 3.60. The molecule has 0 saturated carbocycles. The number of nitrogens with zero attached hydrogens (tertiary/aromatic N) is 2. The number of rotatable bonds is 6. The lowest BCUT2D eigenvalue weighted by atomic mass is 10.3. The second kappa shape index (κ2) is 6.35. The van der Waals surface area contributed by atoms with Gasteiger partial charge in [-0.15, -0.1) is 0 Å². The lowest BCUT2D eigenvalue weighted by molar-refractivity contribution is 0.515. The van der Waals surface area contributed by atoms with Crippen LogP contribution < -0.4 is 10.9 Å². The summed E-state index contributed by atoms with van der Waals surface area (Å²) in [5, 5.41) is 7.43. The molecule has 1 heterocycles.